The van der Waals surface area contributed by atoms with E-state index in [0.29, 0.717) is 5.69 Å². The van der Waals surface area contributed by atoms with E-state index in [9.17, 15) is 18.0 Å². The number of hydrogen-bond donors (Lipinski definition) is 2. The van der Waals surface area contributed by atoms with Gasteiger partial charge in [0.05, 0.1) is 10.6 Å². The van der Waals surface area contributed by atoms with Crippen molar-refractivity contribution in [1.29, 1.82) is 0 Å². The van der Waals surface area contributed by atoms with Gasteiger partial charge in [-0.05, 0) is 56.7 Å². The van der Waals surface area contributed by atoms with Crippen LogP contribution in [0.1, 0.15) is 29.8 Å². The lowest BCUT2D eigenvalue weighted by Crippen LogP contribution is -2.40. The Kier molecular flexibility index (Phi) is 6.22. The molecule has 2 aromatic rings. The van der Waals surface area contributed by atoms with Crippen LogP contribution in [0, 0.1) is 6.92 Å². The molecule has 2 aromatic carbocycles. The van der Waals surface area contributed by atoms with E-state index in [2.05, 4.69) is 4.72 Å². The number of nitrogens with zero attached hydrogens (tertiary/aromatic N) is 1. The van der Waals surface area contributed by atoms with E-state index >= 15 is 0 Å². The largest absolute Gasteiger partial charge is 0.480 e. The molecule has 0 atom stereocenters. The Labute approximate surface area is 158 Å². The van der Waals surface area contributed by atoms with Crippen LogP contribution in [-0.4, -0.2) is 42.9 Å². The van der Waals surface area contributed by atoms with Gasteiger partial charge in [0.2, 0.25) is 0 Å². The Balaban J connectivity index is 2.24. The summed E-state index contributed by atoms with van der Waals surface area (Å²) in [5.41, 5.74) is 1.49. The average Bonchev–Trinajstić information content (AvgIpc) is 2.60. The third kappa shape index (κ3) is 5.07. The van der Waals surface area contributed by atoms with E-state index in [4.69, 9.17) is 5.11 Å². The lowest BCUT2D eigenvalue weighted by Gasteiger charge is -2.25. The molecule has 8 heteroatoms. The molecule has 0 saturated carbocycles. The molecule has 0 aliphatic heterocycles. The maximum atomic E-state index is 12.5. The SMILES string of the molecule is Cc1ccccc1NS(=O)(=O)c1ccc(C(=O)N(CC(=O)O)C(C)C)cc1. The fourth-order valence-corrected chi connectivity index (χ4v) is 3.60. The van der Waals surface area contributed by atoms with Gasteiger partial charge in [-0.15, -0.1) is 0 Å². The highest BCUT2D eigenvalue weighted by molar-refractivity contribution is 7.92. The molecule has 7 nitrogen and oxygen atoms in total. The second-order valence-corrected chi connectivity index (χ2v) is 8.05. The minimum Gasteiger partial charge on any atom is -0.480 e. The highest BCUT2D eigenvalue weighted by Crippen LogP contribution is 2.20. The number of anilines is 1. The molecule has 144 valence electrons. The molecule has 2 rings (SSSR count). The van der Waals surface area contributed by atoms with Crippen molar-refractivity contribution in [2.45, 2.75) is 31.7 Å². The number of para-hydroxylation sites is 1. The van der Waals surface area contributed by atoms with E-state index in [0.717, 1.165) is 5.56 Å². The zero-order valence-corrected chi connectivity index (χ0v) is 16.2. The van der Waals surface area contributed by atoms with Crippen LogP contribution in [0.4, 0.5) is 5.69 Å². The van der Waals surface area contributed by atoms with Gasteiger partial charge in [0.15, 0.2) is 0 Å². The fourth-order valence-electron chi connectivity index (χ4n) is 2.47. The Bertz CT molecular complexity index is 937. The number of benzene rings is 2. The molecule has 0 fully saturated rings. The van der Waals surface area contributed by atoms with Crippen molar-refractivity contribution in [2.24, 2.45) is 0 Å². The first-order chi connectivity index (χ1) is 12.6. The molecule has 0 aliphatic rings. The van der Waals surface area contributed by atoms with Gasteiger partial charge in [0, 0.05) is 11.6 Å². The van der Waals surface area contributed by atoms with Crippen LogP contribution < -0.4 is 4.72 Å². The minimum absolute atomic E-state index is 0.0108. The van der Waals surface area contributed by atoms with Crippen molar-refractivity contribution in [1.82, 2.24) is 4.90 Å². The Morgan fingerprint density at radius 3 is 2.19 bits per heavy atom. The van der Waals surface area contributed by atoms with Crippen LogP contribution in [0.3, 0.4) is 0 Å². The minimum atomic E-state index is -3.80. The van der Waals surface area contributed by atoms with E-state index in [1.165, 1.54) is 29.2 Å². The predicted octanol–water partition coefficient (Wildman–Crippen LogP) is 2.73. The Morgan fingerprint density at radius 1 is 1.07 bits per heavy atom. The van der Waals surface area contributed by atoms with E-state index < -0.39 is 28.4 Å². The molecule has 27 heavy (non-hydrogen) atoms. The van der Waals surface area contributed by atoms with Crippen LogP contribution >= 0.6 is 0 Å². The Hall–Kier alpha value is -2.87. The number of rotatable bonds is 7. The van der Waals surface area contributed by atoms with Gasteiger partial charge >= 0.3 is 5.97 Å². The molecule has 0 aromatic heterocycles. The van der Waals surface area contributed by atoms with Crippen molar-refractivity contribution in [3.05, 3.63) is 59.7 Å². The van der Waals surface area contributed by atoms with Crippen LogP contribution in [0.5, 0.6) is 0 Å². The second-order valence-electron chi connectivity index (χ2n) is 6.37. The van der Waals surface area contributed by atoms with Gasteiger partial charge in [0.1, 0.15) is 6.54 Å². The molecular weight excluding hydrogens is 368 g/mol. The lowest BCUT2D eigenvalue weighted by atomic mass is 10.1. The number of aryl methyl sites for hydroxylation is 1. The van der Waals surface area contributed by atoms with E-state index in [1.54, 1.807) is 39.0 Å². The number of nitrogens with one attached hydrogen (secondary N) is 1. The van der Waals surface area contributed by atoms with E-state index in [1.807, 2.05) is 6.07 Å². The molecule has 0 heterocycles. The quantitative estimate of drug-likeness (QED) is 0.756. The number of amides is 1. The molecule has 0 unspecified atom stereocenters. The molecule has 0 aliphatic carbocycles. The van der Waals surface area contributed by atoms with Crippen molar-refractivity contribution in [2.75, 3.05) is 11.3 Å². The highest BCUT2D eigenvalue weighted by Gasteiger charge is 2.22. The summed E-state index contributed by atoms with van der Waals surface area (Å²) in [6, 6.07) is 12.1. The molecule has 1 amide bonds. The van der Waals surface area contributed by atoms with Gasteiger partial charge in [-0.25, -0.2) is 8.42 Å². The topological polar surface area (TPSA) is 104 Å². The van der Waals surface area contributed by atoms with Crippen LogP contribution in [0.25, 0.3) is 0 Å². The van der Waals surface area contributed by atoms with Crippen LogP contribution in [0.15, 0.2) is 53.4 Å². The average molecular weight is 390 g/mol. The number of aliphatic carboxylic acids is 1. The van der Waals surface area contributed by atoms with Gasteiger partial charge in [-0.2, -0.15) is 0 Å². The molecular formula is C19H22N2O5S. The summed E-state index contributed by atoms with van der Waals surface area (Å²) in [7, 11) is -3.80. The number of carbonyl (C=O) groups excluding carboxylic acids is 1. The van der Waals surface area contributed by atoms with Gasteiger partial charge in [0.25, 0.3) is 15.9 Å². The summed E-state index contributed by atoms with van der Waals surface area (Å²) in [4.78, 5) is 24.7. The Morgan fingerprint density at radius 2 is 1.67 bits per heavy atom. The first kappa shape index (κ1) is 20.4. The molecule has 2 N–H and O–H groups in total. The molecule has 0 bridgehead atoms. The molecule has 0 saturated heterocycles. The van der Waals surface area contributed by atoms with Gasteiger partial charge < -0.3 is 10.0 Å². The number of carbonyl (C=O) groups is 2. The monoisotopic (exact) mass is 390 g/mol. The predicted molar refractivity (Wildman–Crippen MR) is 102 cm³/mol. The summed E-state index contributed by atoms with van der Waals surface area (Å²) in [5.74, 6) is -1.58. The summed E-state index contributed by atoms with van der Waals surface area (Å²) in [5, 5.41) is 8.96. The van der Waals surface area contributed by atoms with Crippen molar-refractivity contribution >= 4 is 27.6 Å². The summed E-state index contributed by atoms with van der Waals surface area (Å²) in [6.45, 7) is 4.80. The second kappa shape index (κ2) is 8.22. The first-order valence-electron chi connectivity index (χ1n) is 8.33. The fraction of sp³-hybridized carbons (Fsp3) is 0.263. The van der Waals surface area contributed by atoms with Crippen molar-refractivity contribution < 1.29 is 23.1 Å². The van der Waals surface area contributed by atoms with Crippen molar-refractivity contribution in [3.8, 4) is 0 Å². The van der Waals surface area contributed by atoms with E-state index in [-0.39, 0.29) is 16.5 Å². The normalized spacial score (nSPS) is 11.3. The summed E-state index contributed by atoms with van der Waals surface area (Å²) in [6.07, 6.45) is 0. The maximum Gasteiger partial charge on any atom is 0.323 e. The van der Waals surface area contributed by atoms with Crippen LogP contribution in [0.2, 0.25) is 0 Å². The first-order valence-corrected chi connectivity index (χ1v) is 9.81. The zero-order valence-electron chi connectivity index (χ0n) is 15.3. The lowest BCUT2D eigenvalue weighted by molar-refractivity contribution is -0.138. The number of sulfonamides is 1. The highest BCUT2D eigenvalue weighted by atomic mass is 32.2. The molecule has 0 spiro atoms. The third-order valence-electron chi connectivity index (χ3n) is 3.99. The van der Waals surface area contributed by atoms with Gasteiger partial charge in [-0.1, -0.05) is 18.2 Å². The van der Waals surface area contributed by atoms with Crippen LogP contribution in [-0.2, 0) is 14.8 Å². The smallest absolute Gasteiger partial charge is 0.323 e. The standard InChI is InChI=1S/C19H22N2O5S/c1-13(2)21(12-18(22)23)19(24)15-8-10-16(11-9-15)27(25,26)20-17-7-5-4-6-14(17)3/h4-11,13,20H,12H2,1-3H3,(H,22,23). The van der Waals surface area contributed by atoms with Crippen molar-refractivity contribution in [3.63, 3.8) is 0 Å². The number of carboxylic acid groups (broad SMARTS) is 1. The number of hydrogen-bond acceptors (Lipinski definition) is 4. The number of carboxylic acids is 1. The zero-order chi connectivity index (χ0) is 20.2. The summed E-state index contributed by atoms with van der Waals surface area (Å²) < 4.78 is 27.6. The molecule has 0 radical (unpaired) electrons. The van der Waals surface area contributed by atoms with Gasteiger partial charge in [-0.3, -0.25) is 14.3 Å². The summed E-state index contributed by atoms with van der Waals surface area (Å²) >= 11 is 0. The maximum absolute atomic E-state index is 12.5. The third-order valence-corrected chi connectivity index (χ3v) is 5.37.